The van der Waals surface area contributed by atoms with E-state index in [0.29, 0.717) is 10.8 Å². The second-order valence-corrected chi connectivity index (χ2v) is 4.42. The molecule has 0 saturated carbocycles. The van der Waals surface area contributed by atoms with Gasteiger partial charge in [0.2, 0.25) is 0 Å². The topological polar surface area (TPSA) is 39.0 Å². The van der Waals surface area contributed by atoms with Crippen LogP contribution in [-0.2, 0) is 6.54 Å². The standard InChI is InChI=1S/C14H16ClNO2/c1-3-16-9-11-5-7-13(18-11)10-4-6-14(17-2)12(15)8-10/h4-8,16H,3,9H2,1-2H3/p+1. The predicted molar refractivity (Wildman–Crippen MR) is 71.9 cm³/mol. The molecule has 0 aliphatic carbocycles. The second-order valence-electron chi connectivity index (χ2n) is 4.02. The second kappa shape index (κ2) is 5.94. The van der Waals surface area contributed by atoms with Crippen LogP contribution in [0.2, 0.25) is 5.02 Å². The van der Waals surface area contributed by atoms with E-state index in [1.165, 1.54) is 0 Å². The molecule has 2 N–H and O–H groups in total. The lowest BCUT2D eigenvalue weighted by molar-refractivity contribution is -0.669. The normalized spacial score (nSPS) is 10.6. The summed E-state index contributed by atoms with van der Waals surface area (Å²) in [5.41, 5.74) is 0.962. The Hall–Kier alpha value is -1.45. The molecule has 0 bridgehead atoms. The summed E-state index contributed by atoms with van der Waals surface area (Å²) >= 11 is 6.10. The highest BCUT2D eigenvalue weighted by molar-refractivity contribution is 6.32. The van der Waals surface area contributed by atoms with Crippen molar-refractivity contribution in [3.63, 3.8) is 0 Å². The van der Waals surface area contributed by atoms with E-state index in [4.69, 9.17) is 20.8 Å². The van der Waals surface area contributed by atoms with E-state index in [1.807, 2.05) is 30.3 Å². The Morgan fingerprint density at radius 3 is 2.78 bits per heavy atom. The van der Waals surface area contributed by atoms with Crippen molar-refractivity contribution in [1.29, 1.82) is 0 Å². The molecule has 2 aromatic rings. The Labute approximate surface area is 112 Å². The number of nitrogens with two attached hydrogens (primary N) is 1. The molecular weight excluding hydrogens is 250 g/mol. The lowest BCUT2D eigenvalue weighted by Gasteiger charge is -2.04. The summed E-state index contributed by atoms with van der Waals surface area (Å²) in [6, 6.07) is 9.61. The maximum absolute atomic E-state index is 6.10. The molecule has 96 valence electrons. The maximum Gasteiger partial charge on any atom is 0.158 e. The van der Waals surface area contributed by atoms with E-state index < -0.39 is 0 Å². The summed E-state index contributed by atoms with van der Waals surface area (Å²) in [5.74, 6) is 2.48. The average Bonchev–Trinajstić information content (AvgIpc) is 2.85. The third-order valence-corrected chi connectivity index (χ3v) is 3.03. The van der Waals surface area contributed by atoms with Crippen molar-refractivity contribution in [3.8, 4) is 17.1 Å². The summed E-state index contributed by atoms with van der Waals surface area (Å²) in [4.78, 5) is 0. The van der Waals surface area contributed by atoms with Gasteiger partial charge in [0, 0.05) is 5.56 Å². The third-order valence-electron chi connectivity index (χ3n) is 2.73. The number of rotatable bonds is 5. The van der Waals surface area contributed by atoms with Crippen LogP contribution in [-0.4, -0.2) is 13.7 Å². The third kappa shape index (κ3) is 2.86. The van der Waals surface area contributed by atoms with Gasteiger partial charge in [0.25, 0.3) is 0 Å². The number of halogens is 1. The highest BCUT2D eigenvalue weighted by Gasteiger charge is 2.08. The van der Waals surface area contributed by atoms with Crippen molar-refractivity contribution >= 4 is 11.6 Å². The molecule has 1 aromatic heterocycles. The van der Waals surface area contributed by atoms with Crippen LogP contribution in [0.15, 0.2) is 34.7 Å². The lowest BCUT2D eigenvalue weighted by atomic mass is 10.2. The largest absolute Gasteiger partial charge is 0.495 e. The fourth-order valence-corrected chi connectivity index (χ4v) is 2.01. The Morgan fingerprint density at radius 2 is 2.11 bits per heavy atom. The van der Waals surface area contributed by atoms with Crippen molar-refractivity contribution < 1.29 is 14.5 Å². The van der Waals surface area contributed by atoms with E-state index in [9.17, 15) is 0 Å². The Balaban J connectivity index is 2.20. The Morgan fingerprint density at radius 1 is 1.28 bits per heavy atom. The monoisotopic (exact) mass is 266 g/mol. The van der Waals surface area contributed by atoms with Gasteiger partial charge < -0.3 is 14.5 Å². The predicted octanol–water partition coefficient (Wildman–Crippen LogP) is 2.69. The van der Waals surface area contributed by atoms with Gasteiger partial charge >= 0.3 is 0 Å². The molecule has 0 aliphatic rings. The fourth-order valence-electron chi connectivity index (χ4n) is 1.75. The maximum atomic E-state index is 6.10. The fraction of sp³-hybridized carbons (Fsp3) is 0.286. The zero-order chi connectivity index (χ0) is 13.0. The number of methoxy groups -OCH3 is 1. The summed E-state index contributed by atoms with van der Waals surface area (Å²) < 4.78 is 10.9. The molecule has 0 spiro atoms. The van der Waals surface area contributed by atoms with Crippen LogP contribution >= 0.6 is 11.6 Å². The first kappa shape index (κ1) is 13.0. The molecule has 1 aromatic carbocycles. The van der Waals surface area contributed by atoms with E-state index in [1.54, 1.807) is 7.11 Å². The van der Waals surface area contributed by atoms with Crippen LogP contribution in [0.4, 0.5) is 0 Å². The molecule has 1 heterocycles. The summed E-state index contributed by atoms with van der Waals surface area (Å²) in [7, 11) is 1.60. The molecule has 0 unspecified atom stereocenters. The molecule has 2 rings (SSSR count). The highest BCUT2D eigenvalue weighted by atomic mass is 35.5. The zero-order valence-electron chi connectivity index (χ0n) is 10.6. The van der Waals surface area contributed by atoms with Crippen LogP contribution in [0.3, 0.4) is 0 Å². The number of hydrogen-bond acceptors (Lipinski definition) is 2. The van der Waals surface area contributed by atoms with Crippen LogP contribution < -0.4 is 10.1 Å². The quantitative estimate of drug-likeness (QED) is 0.904. The van der Waals surface area contributed by atoms with Crippen LogP contribution in [0.5, 0.6) is 5.75 Å². The SMILES string of the molecule is CC[NH2+]Cc1ccc(-c2ccc(OC)c(Cl)c2)o1. The van der Waals surface area contributed by atoms with Gasteiger partial charge in [0.05, 0.1) is 18.7 Å². The molecule has 0 aliphatic heterocycles. The van der Waals surface area contributed by atoms with Gasteiger partial charge in [-0.15, -0.1) is 0 Å². The number of ether oxygens (including phenoxy) is 1. The van der Waals surface area contributed by atoms with Gasteiger partial charge in [0.15, 0.2) is 5.76 Å². The van der Waals surface area contributed by atoms with Crippen molar-refractivity contribution in [1.82, 2.24) is 0 Å². The molecule has 0 saturated heterocycles. The van der Waals surface area contributed by atoms with Gasteiger partial charge in [-0.2, -0.15) is 0 Å². The Bertz CT molecular complexity index is 522. The molecule has 3 nitrogen and oxygen atoms in total. The van der Waals surface area contributed by atoms with Gasteiger partial charge in [-0.1, -0.05) is 11.6 Å². The van der Waals surface area contributed by atoms with E-state index in [2.05, 4.69) is 12.2 Å². The van der Waals surface area contributed by atoms with E-state index in [-0.39, 0.29) is 0 Å². The first-order valence-electron chi connectivity index (χ1n) is 5.99. The highest BCUT2D eigenvalue weighted by Crippen LogP contribution is 2.30. The zero-order valence-corrected chi connectivity index (χ0v) is 11.3. The average molecular weight is 267 g/mol. The molecule has 0 amide bonds. The molecule has 0 fully saturated rings. The van der Waals surface area contributed by atoms with Gasteiger partial charge in [-0.25, -0.2) is 0 Å². The molecule has 0 radical (unpaired) electrons. The van der Waals surface area contributed by atoms with Crippen molar-refractivity contribution in [3.05, 3.63) is 41.1 Å². The van der Waals surface area contributed by atoms with Crippen molar-refractivity contribution in [2.45, 2.75) is 13.5 Å². The van der Waals surface area contributed by atoms with E-state index >= 15 is 0 Å². The summed E-state index contributed by atoms with van der Waals surface area (Å²) in [5, 5.41) is 2.77. The van der Waals surface area contributed by atoms with E-state index in [0.717, 1.165) is 30.2 Å². The number of furan rings is 1. The van der Waals surface area contributed by atoms with Crippen LogP contribution in [0, 0.1) is 0 Å². The summed E-state index contributed by atoms with van der Waals surface area (Å²) in [6.07, 6.45) is 0. The number of benzene rings is 1. The summed E-state index contributed by atoms with van der Waals surface area (Å²) in [6.45, 7) is 4.03. The van der Waals surface area contributed by atoms with Crippen LogP contribution in [0.25, 0.3) is 11.3 Å². The van der Waals surface area contributed by atoms with Gasteiger partial charge in [-0.05, 0) is 37.3 Å². The van der Waals surface area contributed by atoms with Crippen molar-refractivity contribution in [2.75, 3.05) is 13.7 Å². The molecule has 18 heavy (non-hydrogen) atoms. The van der Waals surface area contributed by atoms with Gasteiger partial charge in [-0.3, -0.25) is 0 Å². The van der Waals surface area contributed by atoms with Gasteiger partial charge in [0.1, 0.15) is 18.1 Å². The number of quaternary nitrogens is 1. The molecule has 4 heteroatoms. The van der Waals surface area contributed by atoms with Crippen LogP contribution in [0.1, 0.15) is 12.7 Å². The first-order chi connectivity index (χ1) is 8.74. The lowest BCUT2D eigenvalue weighted by Crippen LogP contribution is -2.81. The molecular formula is C14H17ClNO2+. The van der Waals surface area contributed by atoms with Crippen molar-refractivity contribution in [2.24, 2.45) is 0 Å². The molecule has 0 atom stereocenters. The first-order valence-corrected chi connectivity index (χ1v) is 6.36. The minimum atomic E-state index is 0.591. The number of hydrogen-bond donors (Lipinski definition) is 1. The minimum Gasteiger partial charge on any atom is -0.495 e. The smallest absolute Gasteiger partial charge is 0.158 e. The Kier molecular flexibility index (Phi) is 4.28. The minimum absolute atomic E-state index is 0.591.